The van der Waals surface area contributed by atoms with E-state index in [0.717, 1.165) is 24.6 Å². The predicted molar refractivity (Wildman–Crippen MR) is 83.9 cm³/mol. The van der Waals surface area contributed by atoms with E-state index in [-0.39, 0.29) is 0 Å². The molecule has 1 N–H and O–H groups in total. The van der Waals surface area contributed by atoms with Gasteiger partial charge in [-0.1, -0.05) is 33.1 Å². The number of rotatable bonds is 6. The van der Waals surface area contributed by atoms with Crippen LogP contribution >= 0.6 is 0 Å². The second-order valence-electron chi connectivity index (χ2n) is 6.00. The van der Waals surface area contributed by atoms with Gasteiger partial charge in [0.05, 0.1) is 5.69 Å². The fraction of sp³-hybridized carbons (Fsp3) is 0.750. The van der Waals surface area contributed by atoms with E-state index in [9.17, 15) is 0 Å². The Hall–Kier alpha value is -1.16. The van der Waals surface area contributed by atoms with Crippen molar-refractivity contribution in [3.63, 3.8) is 0 Å². The monoisotopic (exact) mass is 276 g/mol. The Kier molecular flexibility index (Phi) is 5.77. The van der Waals surface area contributed by atoms with Crippen LogP contribution in [0.1, 0.15) is 58.6 Å². The van der Waals surface area contributed by atoms with Gasteiger partial charge in [0.1, 0.15) is 0 Å². The summed E-state index contributed by atoms with van der Waals surface area (Å²) in [6.45, 7) is 8.31. The van der Waals surface area contributed by atoms with Gasteiger partial charge in [-0.3, -0.25) is 0 Å². The minimum Gasteiger partial charge on any atom is -0.352 e. The van der Waals surface area contributed by atoms with E-state index in [1.54, 1.807) is 0 Å². The third-order valence-electron chi connectivity index (χ3n) is 4.05. The van der Waals surface area contributed by atoms with Crippen LogP contribution < -0.4 is 10.2 Å². The molecule has 1 saturated carbocycles. The van der Waals surface area contributed by atoms with Gasteiger partial charge in [0.15, 0.2) is 5.82 Å². The van der Waals surface area contributed by atoms with E-state index in [1.807, 2.05) is 0 Å². The molecule has 0 spiro atoms. The summed E-state index contributed by atoms with van der Waals surface area (Å²) in [6.07, 6.45) is 6.69. The first-order chi connectivity index (χ1) is 9.70. The number of hydrogen-bond acceptors (Lipinski definition) is 4. The van der Waals surface area contributed by atoms with Crippen molar-refractivity contribution < 1.29 is 0 Å². The first-order valence-electron chi connectivity index (χ1n) is 8.03. The molecule has 1 aromatic rings. The van der Waals surface area contributed by atoms with Gasteiger partial charge in [-0.25, -0.2) is 0 Å². The summed E-state index contributed by atoms with van der Waals surface area (Å²) < 4.78 is 0. The van der Waals surface area contributed by atoms with Gasteiger partial charge in [-0.2, -0.15) is 5.10 Å². The maximum atomic E-state index is 4.44. The average molecular weight is 276 g/mol. The van der Waals surface area contributed by atoms with Crippen LogP contribution in [-0.4, -0.2) is 28.8 Å². The van der Waals surface area contributed by atoms with E-state index in [4.69, 9.17) is 0 Å². The van der Waals surface area contributed by atoms with Gasteiger partial charge in [0, 0.05) is 25.2 Å². The molecule has 2 rings (SSSR count). The maximum absolute atomic E-state index is 4.44. The van der Waals surface area contributed by atoms with E-state index in [0.29, 0.717) is 12.1 Å². The number of nitrogens with zero attached hydrogens (tertiary/aromatic N) is 3. The summed E-state index contributed by atoms with van der Waals surface area (Å²) in [5.41, 5.74) is 1.02. The normalized spacial score (nSPS) is 16.6. The van der Waals surface area contributed by atoms with Crippen LogP contribution in [0.2, 0.25) is 0 Å². The highest BCUT2D eigenvalue weighted by Crippen LogP contribution is 2.25. The van der Waals surface area contributed by atoms with Crippen molar-refractivity contribution in [1.82, 2.24) is 15.5 Å². The largest absolute Gasteiger partial charge is 0.352 e. The van der Waals surface area contributed by atoms with Gasteiger partial charge >= 0.3 is 0 Å². The van der Waals surface area contributed by atoms with E-state index in [1.165, 1.54) is 32.1 Å². The molecule has 0 bridgehead atoms. The van der Waals surface area contributed by atoms with Crippen LogP contribution in [-0.2, 0) is 6.54 Å². The molecule has 112 valence electrons. The fourth-order valence-electron chi connectivity index (χ4n) is 2.91. The third-order valence-corrected chi connectivity index (χ3v) is 4.05. The summed E-state index contributed by atoms with van der Waals surface area (Å²) in [5, 5.41) is 12.2. The molecule has 0 aliphatic heterocycles. The molecule has 1 aliphatic carbocycles. The first-order valence-corrected chi connectivity index (χ1v) is 8.03. The zero-order chi connectivity index (χ0) is 14.4. The summed E-state index contributed by atoms with van der Waals surface area (Å²) in [5.74, 6) is 1.03. The zero-order valence-electron chi connectivity index (χ0n) is 13.1. The number of anilines is 1. The Bertz CT molecular complexity index is 382. The number of nitrogens with one attached hydrogen (secondary N) is 1. The van der Waals surface area contributed by atoms with Crippen molar-refractivity contribution in [2.24, 2.45) is 0 Å². The molecule has 4 nitrogen and oxygen atoms in total. The van der Waals surface area contributed by atoms with Gasteiger partial charge in [0.2, 0.25) is 0 Å². The van der Waals surface area contributed by atoms with E-state index in [2.05, 4.69) is 53.3 Å². The molecule has 1 aliphatic rings. The smallest absolute Gasteiger partial charge is 0.151 e. The first kappa shape index (κ1) is 15.2. The van der Waals surface area contributed by atoms with Gasteiger partial charge in [0.25, 0.3) is 0 Å². The summed E-state index contributed by atoms with van der Waals surface area (Å²) in [6, 6.07) is 5.36. The van der Waals surface area contributed by atoms with Crippen molar-refractivity contribution in [3.05, 3.63) is 17.8 Å². The standard InChI is InChI=1S/C16H28N4/c1-4-20(15-8-6-5-7-9-15)16-11-10-14(18-19-16)12-17-13(2)3/h10-11,13,15,17H,4-9,12H2,1-3H3. The Balaban J connectivity index is 1.99. The molecule has 0 unspecified atom stereocenters. The lowest BCUT2D eigenvalue weighted by molar-refractivity contribution is 0.415. The summed E-state index contributed by atoms with van der Waals surface area (Å²) >= 11 is 0. The third kappa shape index (κ3) is 4.17. The second kappa shape index (κ2) is 7.58. The molecule has 0 saturated heterocycles. The minimum absolute atomic E-state index is 0.478. The lowest BCUT2D eigenvalue weighted by Crippen LogP contribution is -2.37. The molecule has 1 heterocycles. The van der Waals surface area contributed by atoms with Crippen molar-refractivity contribution >= 4 is 5.82 Å². The van der Waals surface area contributed by atoms with Crippen LogP contribution in [0, 0.1) is 0 Å². The van der Waals surface area contributed by atoms with E-state index < -0.39 is 0 Å². The zero-order valence-corrected chi connectivity index (χ0v) is 13.1. The van der Waals surface area contributed by atoms with Crippen molar-refractivity contribution in [2.45, 2.75) is 71.5 Å². The Morgan fingerprint density at radius 2 is 1.95 bits per heavy atom. The molecule has 1 fully saturated rings. The van der Waals surface area contributed by atoms with Crippen molar-refractivity contribution in [3.8, 4) is 0 Å². The second-order valence-corrected chi connectivity index (χ2v) is 6.00. The Labute approximate surface area is 123 Å². The lowest BCUT2D eigenvalue weighted by atomic mass is 9.94. The molecule has 4 heteroatoms. The molecule has 0 atom stereocenters. The van der Waals surface area contributed by atoms with E-state index >= 15 is 0 Å². The Morgan fingerprint density at radius 3 is 2.50 bits per heavy atom. The van der Waals surface area contributed by atoms with Crippen LogP contribution in [0.4, 0.5) is 5.82 Å². The maximum Gasteiger partial charge on any atom is 0.151 e. The Morgan fingerprint density at radius 1 is 1.20 bits per heavy atom. The van der Waals surface area contributed by atoms with Crippen LogP contribution in [0.5, 0.6) is 0 Å². The van der Waals surface area contributed by atoms with Crippen molar-refractivity contribution in [1.29, 1.82) is 0 Å². The minimum atomic E-state index is 0.478. The average Bonchev–Trinajstić information content (AvgIpc) is 2.48. The van der Waals surface area contributed by atoms with Gasteiger partial charge < -0.3 is 10.2 Å². The molecule has 1 aromatic heterocycles. The molecular weight excluding hydrogens is 248 g/mol. The molecule has 0 aromatic carbocycles. The van der Waals surface area contributed by atoms with Gasteiger partial charge in [-0.05, 0) is 31.9 Å². The van der Waals surface area contributed by atoms with Crippen LogP contribution in [0.25, 0.3) is 0 Å². The topological polar surface area (TPSA) is 41.0 Å². The molecule has 0 radical (unpaired) electrons. The molecular formula is C16H28N4. The predicted octanol–water partition coefficient (Wildman–Crippen LogP) is 3.13. The highest BCUT2D eigenvalue weighted by molar-refractivity contribution is 5.38. The quantitative estimate of drug-likeness (QED) is 0.866. The number of aromatic nitrogens is 2. The van der Waals surface area contributed by atoms with Crippen molar-refractivity contribution in [2.75, 3.05) is 11.4 Å². The van der Waals surface area contributed by atoms with Gasteiger partial charge in [-0.15, -0.1) is 5.10 Å². The van der Waals surface area contributed by atoms with Crippen LogP contribution in [0.3, 0.4) is 0 Å². The highest BCUT2D eigenvalue weighted by atomic mass is 15.3. The summed E-state index contributed by atoms with van der Waals surface area (Å²) in [4.78, 5) is 2.42. The number of hydrogen-bond donors (Lipinski definition) is 1. The fourth-order valence-corrected chi connectivity index (χ4v) is 2.91. The molecule has 20 heavy (non-hydrogen) atoms. The lowest BCUT2D eigenvalue weighted by Gasteiger charge is -2.34. The highest BCUT2D eigenvalue weighted by Gasteiger charge is 2.21. The SMILES string of the molecule is CCN(c1ccc(CNC(C)C)nn1)C1CCCCC1. The molecule has 0 amide bonds. The summed E-state index contributed by atoms with van der Waals surface area (Å²) in [7, 11) is 0. The van der Waals surface area contributed by atoms with Crippen LogP contribution in [0.15, 0.2) is 12.1 Å².